The Morgan fingerprint density at radius 3 is 1.78 bits per heavy atom. The number of carbonyl (C=O) groups excluding carboxylic acids is 2. The molecule has 382 valence electrons. The fourth-order valence-electron chi connectivity index (χ4n) is 9.33. The molecular weight excluding hydrogens is 965 g/mol. The van der Waals surface area contributed by atoms with Crippen LogP contribution >= 0.6 is 22.7 Å². The van der Waals surface area contributed by atoms with Crippen molar-refractivity contribution >= 4 is 34.6 Å². The van der Waals surface area contributed by atoms with Crippen LogP contribution in [0.3, 0.4) is 0 Å². The molecular formula is C58H62N2O11S2. The standard InChI is InChI=1S/C30H31NO5S.C27H27NO5S.CH4O/c1-17-9-10-24(29-30(36-21(5)33)28(35-20(4)32)18(2)19(3)34-29)14-25(17)15-26-11-12-27(37-26)23-8-6-7-22(13-23)16-31;1-15-7-8-18(22(29)24-23(30)25-26(31-24)33-27(2,3)32-25)12-19(15)13-20-9-10-21(34-20)17-6-4-5-16(11-17)14-28;1-2/h6-14,18-19,28-30H,15H2,1-5H3;4-12,22-26,29-30H,13H2,1-3H3;2H,1H3/t18-,19-,28+,29?,30-;22?,23-,24+,25+,26+;/m11./s1. The van der Waals surface area contributed by atoms with Crippen LogP contribution < -0.4 is 0 Å². The fourth-order valence-corrected chi connectivity index (χ4v) is 11.4. The molecule has 13 nitrogen and oxygen atoms in total. The minimum atomic E-state index is -1.01. The largest absolute Gasteiger partial charge is 0.458 e. The van der Waals surface area contributed by atoms with Crippen LogP contribution in [-0.4, -0.2) is 83.1 Å². The van der Waals surface area contributed by atoms with Gasteiger partial charge >= 0.3 is 11.9 Å². The van der Waals surface area contributed by atoms with Crippen LogP contribution in [0.4, 0.5) is 0 Å². The third-order valence-electron chi connectivity index (χ3n) is 13.2. The average Bonchev–Trinajstić information content (AvgIpc) is 4.18. The summed E-state index contributed by atoms with van der Waals surface area (Å²) >= 11 is 3.39. The Morgan fingerprint density at radius 1 is 0.712 bits per heavy atom. The van der Waals surface area contributed by atoms with Crippen LogP contribution in [0.5, 0.6) is 0 Å². The van der Waals surface area contributed by atoms with Crippen LogP contribution in [0.1, 0.15) is 108 Å². The zero-order valence-corrected chi connectivity index (χ0v) is 44.0. The highest BCUT2D eigenvalue weighted by atomic mass is 32.1. The summed E-state index contributed by atoms with van der Waals surface area (Å²) in [5.41, 5.74) is 9.39. The van der Waals surface area contributed by atoms with Gasteiger partial charge in [-0.15, -0.1) is 22.7 Å². The van der Waals surface area contributed by atoms with Crippen molar-refractivity contribution < 1.29 is 53.3 Å². The molecule has 3 N–H and O–H groups in total. The number of hydrogen-bond donors (Lipinski definition) is 3. The molecule has 3 aliphatic rings. The Morgan fingerprint density at radius 2 is 1.25 bits per heavy atom. The summed E-state index contributed by atoms with van der Waals surface area (Å²) in [4.78, 5) is 28.5. The molecule has 5 heterocycles. The van der Waals surface area contributed by atoms with Gasteiger partial charge in [-0.05, 0) is 128 Å². The SMILES string of the molecule is CC(=O)O[C@H]1[C@H](C)[C@@H](C)OC(c2ccc(C)c(Cc3ccc(-c4cccc(C#N)c4)s3)c2)[C@@H]1OC(C)=O.CO.Cc1ccc(C(O)[C@@H]2O[C@H]3OC(C)(C)O[C@H]3[C@@H]2O)cc1Cc1ccc(-c2cccc(C#N)c2)s1. The van der Waals surface area contributed by atoms with E-state index in [1.54, 1.807) is 48.7 Å². The topological polar surface area (TPSA) is 198 Å². The van der Waals surface area contributed by atoms with E-state index in [1.807, 2.05) is 87.5 Å². The van der Waals surface area contributed by atoms with Crippen LogP contribution in [-0.2, 0) is 50.9 Å². The number of aliphatic hydroxyl groups is 3. The molecule has 3 aliphatic heterocycles. The van der Waals surface area contributed by atoms with Crippen molar-refractivity contribution in [3.05, 3.63) is 163 Å². The van der Waals surface area contributed by atoms with Crippen molar-refractivity contribution in [3.63, 3.8) is 0 Å². The van der Waals surface area contributed by atoms with Gasteiger partial charge in [-0.3, -0.25) is 9.59 Å². The summed E-state index contributed by atoms with van der Waals surface area (Å²) in [6.07, 6.45) is -4.82. The highest BCUT2D eigenvalue weighted by molar-refractivity contribution is 7.15. The highest BCUT2D eigenvalue weighted by Crippen LogP contribution is 2.43. The minimum Gasteiger partial charge on any atom is -0.458 e. The molecule has 3 fully saturated rings. The first-order chi connectivity index (χ1) is 34.9. The molecule has 0 radical (unpaired) electrons. The summed E-state index contributed by atoms with van der Waals surface area (Å²) in [5, 5.41) is 47.2. The molecule has 9 rings (SSSR count). The van der Waals surface area contributed by atoms with Gasteiger partial charge in [-0.1, -0.05) is 67.6 Å². The number of benzene rings is 4. The molecule has 15 heteroatoms. The molecule has 0 aliphatic carbocycles. The summed E-state index contributed by atoms with van der Waals surface area (Å²) < 4.78 is 35.0. The molecule has 2 unspecified atom stereocenters. The zero-order chi connectivity index (χ0) is 52.7. The van der Waals surface area contributed by atoms with E-state index >= 15 is 0 Å². The molecule has 73 heavy (non-hydrogen) atoms. The van der Waals surface area contributed by atoms with Crippen molar-refractivity contribution in [2.45, 2.75) is 129 Å². The third kappa shape index (κ3) is 13.0. The second-order valence-corrected chi connectivity index (χ2v) is 21.3. The first kappa shape index (κ1) is 54.7. The maximum Gasteiger partial charge on any atom is 0.303 e. The van der Waals surface area contributed by atoms with Gasteiger partial charge in [0.25, 0.3) is 0 Å². The van der Waals surface area contributed by atoms with Gasteiger partial charge in [0.15, 0.2) is 18.2 Å². The molecule has 3 saturated heterocycles. The highest BCUT2D eigenvalue weighted by Gasteiger charge is 2.56. The summed E-state index contributed by atoms with van der Waals surface area (Å²) in [6, 6.07) is 39.9. The Balaban J connectivity index is 0.000000207. The van der Waals surface area contributed by atoms with E-state index in [1.165, 1.54) is 23.6 Å². The lowest BCUT2D eigenvalue weighted by Gasteiger charge is -2.43. The normalized spacial score (nSPS) is 24.1. The van der Waals surface area contributed by atoms with Crippen LogP contribution in [0, 0.1) is 42.4 Å². The molecule has 0 spiro atoms. The van der Waals surface area contributed by atoms with E-state index in [9.17, 15) is 25.1 Å². The fraction of sp³-hybridized carbons (Fsp3) is 0.379. The van der Waals surface area contributed by atoms with Crippen molar-refractivity contribution in [2.75, 3.05) is 7.11 Å². The minimum absolute atomic E-state index is 0.140. The number of esters is 2. The predicted molar refractivity (Wildman–Crippen MR) is 278 cm³/mol. The van der Waals surface area contributed by atoms with E-state index in [2.05, 4.69) is 49.4 Å². The number of fused-ring (bicyclic) bond motifs is 1. The number of carbonyl (C=O) groups is 2. The van der Waals surface area contributed by atoms with Gasteiger partial charge in [0.2, 0.25) is 0 Å². The molecule has 0 saturated carbocycles. The monoisotopic (exact) mass is 1030 g/mol. The second-order valence-electron chi connectivity index (χ2n) is 18.9. The number of rotatable bonds is 11. The molecule has 4 aromatic carbocycles. The summed E-state index contributed by atoms with van der Waals surface area (Å²) in [6.45, 7) is 14.3. The van der Waals surface area contributed by atoms with Crippen molar-refractivity contribution in [2.24, 2.45) is 5.92 Å². The van der Waals surface area contributed by atoms with E-state index in [0.29, 0.717) is 16.7 Å². The van der Waals surface area contributed by atoms with Crippen molar-refractivity contribution in [1.29, 1.82) is 10.5 Å². The molecule has 2 aromatic heterocycles. The first-order valence-electron chi connectivity index (χ1n) is 24.1. The van der Waals surface area contributed by atoms with Gasteiger partial charge in [-0.2, -0.15) is 10.5 Å². The zero-order valence-electron chi connectivity index (χ0n) is 42.4. The number of aliphatic hydroxyl groups excluding tert-OH is 3. The average molecular weight is 1030 g/mol. The van der Waals surface area contributed by atoms with Crippen LogP contribution in [0.2, 0.25) is 0 Å². The predicted octanol–water partition coefficient (Wildman–Crippen LogP) is 10.2. The van der Waals surface area contributed by atoms with Crippen molar-refractivity contribution in [1.82, 2.24) is 0 Å². The molecule has 0 bridgehead atoms. The Hall–Kier alpha value is -6.08. The van der Waals surface area contributed by atoms with E-state index in [0.717, 1.165) is 68.6 Å². The number of aryl methyl sites for hydroxylation is 2. The Kier molecular flexibility index (Phi) is 17.9. The number of nitrogens with zero attached hydrogens (tertiary/aromatic N) is 2. The van der Waals surface area contributed by atoms with Gasteiger partial charge in [0.1, 0.15) is 36.6 Å². The summed E-state index contributed by atoms with van der Waals surface area (Å²) in [5.74, 6) is -1.83. The van der Waals surface area contributed by atoms with Crippen LogP contribution in [0.25, 0.3) is 20.9 Å². The lowest BCUT2D eigenvalue weighted by atomic mass is 9.85. The van der Waals surface area contributed by atoms with E-state index in [4.69, 9.17) is 38.8 Å². The Bertz CT molecular complexity index is 2990. The summed E-state index contributed by atoms with van der Waals surface area (Å²) in [7, 11) is 1.00. The molecule has 6 aromatic rings. The lowest BCUT2D eigenvalue weighted by Crippen LogP contribution is -2.52. The third-order valence-corrected chi connectivity index (χ3v) is 15.5. The van der Waals surface area contributed by atoms with E-state index < -0.39 is 66.7 Å². The lowest BCUT2D eigenvalue weighted by molar-refractivity contribution is -0.226. The molecule has 0 amide bonds. The van der Waals surface area contributed by atoms with Gasteiger partial charge < -0.3 is 43.7 Å². The van der Waals surface area contributed by atoms with E-state index in [-0.39, 0.29) is 12.0 Å². The molecule has 10 atom stereocenters. The number of nitriles is 2. The maximum atomic E-state index is 12.0. The van der Waals surface area contributed by atoms with Gasteiger partial charge in [-0.25, -0.2) is 0 Å². The number of thiophene rings is 2. The second kappa shape index (κ2) is 23.9. The smallest absolute Gasteiger partial charge is 0.303 e. The van der Waals surface area contributed by atoms with Crippen LogP contribution in [0.15, 0.2) is 109 Å². The number of hydrogen-bond acceptors (Lipinski definition) is 15. The quantitative estimate of drug-likeness (QED) is 0.104. The number of ether oxygens (including phenoxy) is 6. The first-order valence-corrected chi connectivity index (χ1v) is 25.7. The van der Waals surface area contributed by atoms with Gasteiger partial charge in [0, 0.05) is 59.2 Å². The maximum absolute atomic E-state index is 12.0. The van der Waals surface area contributed by atoms with Gasteiger partial charge in [0.05, 0.1) is 29.4 Å². The Labute approximate surface area is 435 Å². The van der Waals surface area contributed by atoms with Crippen molar-refractivity contribution in [3.8, 4) is 33.0 Å².